The van der Waals surface area contributed by atoms with Crippen molar-refractivity contribution < 1.29 is 14.3 Å². The van der Waals surface area contributed by atoms with E-state index in [2.05, 4.69) is 10.8 Å². The number of hydrogen-bond acceptors (Lipinski definition) is 4. The highest BCUT2D eigenvalue weighted by Gasteiger charge is 2.32. The number of rotatable bonds is 5. The second-order valence-corrected chi connectivity index (χ2v) is 6.64. The van der Waals surface area contributed by atoms with Gasteiger partial charge in [0.15, 0.2) is 6.10 Å². The highest BCUT2D eigenvalue weighted by atomic mass is 16.5. The van der Waals surface area contributed by atoms with Crippen LogP contribution in [0.15, 0.2) is 24.3 Å². The van der Waals surface area contributed by atoms with Crippen molar-refractivity contribution in [1.82, 2.24) is 9.80 Å². The fourth-order valence-corrected chi connectivity index (χ4v) is 3.40. The number of nitrogens with zero attached hydrogens (tertiary/aromatic N) is 3. The van der Waals surface area contributed by atoms with Crippen molar-refractivity contribution in [2.24, 2.45) is 0 Å². The van der Waals surface area contributed by atoms with Gasteiger partial charge in [0.25, 0.3) is 5.91 Å². The van der Waals surface area contributed by atoms with Gasteiger partial charge in [0.1, 0.15) is 5.75 Å². The Morgan fingerprint density at radius 2 is 1.96 bits per heavy atom. The van der Waals surface area contributed by atoms with E-state index < -0.39 is 6.10 Å². The van der Waals surface area contributed by atoms with Gasteiger partial charge < -0.3 is 14.5 Å². The van der Waals surface area contributed by atoms with Crippen LogP contribution in [0.4, 0.5) is 5.69 Å². The van der Waals surface area contributed by atoms with E-state index in [4.69, 9.17) is 11.2 Å². The zero-order valence-electron chi connectivity index (χ0n) is 15.2. The van der Waals surface area contributed by atoms with Gasteiger partial charge in [-0.2, -0.15) is 0 Å². The van der Waals surface area contributed by atoms with E-state index in [1.54, 1.807) is 11.8 Å². The van der Waals surface area contributed by atoms with Crippen LogP contribution in [-0.2, 0) is 9.59 Å². The van der Waals surface area contributed by atoms with Crippen molar-refractivity contribution in [2.75, 3.05) is 44.2 Å². The third-order valence-corrected chi connectivity index (χ3v) is 4.92. The molecule has 0 saturated carbocycles. The quantitative estimate of drug-likeness (QED) is 0.749. The Hall–Kier alpha value is -2.52. The molecule has 1 aromatic rings. The van der Waals surface area contributed by atoms with Crippen molar-refractivity contribution in [3.05, 3.63) is 24.3 Å². The Morgan fingerprint density at radius 1 is 1.23 bits per heavy atom. The lowest BCUT2D eigenvalue weighted by atomic mass is 10.1. The molecule has 138 valence electrons. The fraction of sp³-hybridized carbons (Fsp3) is 0.500. The van der Waals surface area contributed by atoms with E-state index in [-0.39, 0.29) is 11.8 Å². The largest absolute Gasteiger partial charge is 0.479 e. The summed E-state index contributed by atoms with van der Waals surface area (Å²) in [5.41, 5.74) is 0.738. The predicted octanol–water partition coefficient (Wildman–Crippen LogP) is 1.36. The van der Waals surface area contributed by atoms with E-state index in [0.717, 1.165) is 31.7 Å². The molecule has 0 radical (unpaired) electrons. The monoisotopic (exact) mass is 355 g/mol. The number of terminal acetylenes is 1. The maximum atomic E-state index is 12.6. The molecule has 0 bridgehead atoms. The molecule has 0 N–H and O–H groups in total. The summed E-state index contributed by atoms with van der Waals surface area (Å²) in [6.45, 7) is 6.13. The van der Waals surface area contributed by atoms with Crippen LogP contribution in [0.2, 0.25) is 0 Å². The number of carbonyl (C=O) groups excluding carboxylic acids is 2. The number of carbonyl (C=O) groups is 2. The molecule has 0 aromatic heterocycles. The molecule has 6 nitrogen and oxygen atoms in total. The number of piperazine rings is 1. The minimum atomic E-state index is -0.528. The average molecular weight is 355 g/mol. The van der Waals surface area contributed by atoms with Crippen LogP contribution in [0.5, 0.6) is 5.75 Å². The third-order valence-electron chi connectivity index (χ3n) is 4.92. The highest BCUT2D eigenvalue weighted by molar-refractivity contribution is 6.00. The minimum Gasteiger partial charge on any atom is -0.479 e. The van der Waals surface area contributed by atoms with Crippen LogP contribution >= 0.6 is 0 Å². The van der Waals surface area contributed by atoms with Gasteiger partial charge in [-0.25, -0.2) is 0 Å². The SMILES string of the molecule is C#CCCN1CCN(C(=O)CCN2C(=O)C(C)Oc3ccccc32)CC1. The standard InChI is InChI=1S/C20H25N3O3/c1-3-4-10-21-12-14-22(15-13-21)19(24)9-11-23-17-7-5-6-8-18(17)26-16(2)20(23)25/h1,5-8,16H,4,9-15H2,2H3. The molecule has 0 aliphatic carbocycles. The summed E-state index contributed by atoms with van der Waals surface area (Å²) in [6, 6.07) is 7.45. The van der Waals surface area contributed by atoms with E-state index in [0.29, 0.717) is 31.8 Å². The van der Waals surface area contributed by atoms with E-state index in [9.17, 15) is 9.59 Å². The van der Waals surface area contributed by atoms with Gasteiger partial charge in [-0.1, -0.05) is 12.1 Å². The summed E-state index contributed by atoms with van der Waals surface area (Å²) in [4.78, 5) is 30.9. The Kier molecular flexibility index (Phi) is 5.79. The molecule has 3 rings (SSSR count). The summed E-state index contributed by atoms with van der Waals surface area (Å²) < 4.78 is 5.64. The first-order valence-corrected chi connectivity index (χ1v) is 9.11. The van der Waals surface area contributed by atoms with Gasteiger partial charge in [-0.3, -0.25) is 14.5 Å². The maximum Gasteiger partial charge on any atom is 0.267 e. The number of anilines is 1. The molecule has 1 aromatic carbocycles. The van der Waals surface area contributed by atoms with Crippen LogP contribution in [0.1, 0.15) is 19.8 Å². The molecule has 2 aliphatic heterocycles. The Bertz CT molecular complexity index is 704. The number of amides is 2. The molecule has 1 atom stereocenters. The molecule has 1 fully saturated rings. The number of para-hydroxylation sites is 2. The molecule has 2 heterocycles. The molecule has 1 unspecified atom stereocenters. The van der Waals surface area contributed by atoms with Crippen molar-refractivity contribution in [2.45, 2.75) is 25.9 Å². The van der Waals surface area contributed by atoms with Crippen molar-refractivity contribution in [3.8, 4) is 18.1 Å². The predicted molar refractivity (Wildman–Crippen MR) is 100.0 cm³/mol. The van der Waals surface area contributed by atoms with E-state index in [1.807, 2.05) is 29.2 Å². The van der Waals surface area contributed by atoms with Crippen LogP contribution in [0, 0.1) is 12.3 Å². The molecule has 2 aliphatic rings. The molecule has 0 spiro atoms. The summed E-state index contributed by atoms with van der Waals surface area (Å²) in [5.74, 6) is 3.33. The summed E-state index contributed by atoms with van der Waals surface area (Å²) in [7, 11) is 0. The Balaban J connectivity index is 1.55. The van der Waals surface area contributed by atoms with Crippen LogP contribution in [0.3, 0.4) is 0 Å². The fourth-order valence-electron chi connectivity index (χ4n) is 3.40. The third kappa shape index (κ3) is 4.00. The van der Waals surface area contributed by atoms with Crippen molar-refractivity contribution in [3.63, 3.8) is 0 Å². The summed E-state index contributed by atoms with van der Waals surface area (Å²) >= 11 is 0. The van der Waals surface area contributed by atoms with Crippen LogP contribution in [0.25, 0.3) is 0 Å². The molecule has 26 heavy (non-hydrogen) atoms. The Labute approximate surface area is 154 Å². The van der Waals surface area contributed by atoms with E-state index >= 15 is 0 Å². The minimum absolute atomic E-state index is 0.0889. The van der Waals surface area contributed by atoms with Gasteiger partial charge in [0, 0.05) is 52.1 Å². The zero-order chi connectivity index (χ0) is 18.5. The topological polar surface area (TPSA) is 53.1 Å². The van der Waals surface area contributed by atoms with E-state index in [1.165, 1.54) is 0 Å². The first-order valence-electron chi connectivity index (χ1n) is 9.11. The molecule has 6 heteroatoms. The molecule has 1 saturated heterocycles. The van der Waals surface area contributed by atoms with Crippen LogP contribution < -0.4 is 9.64 Å². The number of fused-ring (bicyclic) bond motifs is 1. The highest BCUT2D eigenvalue weighted by Crippen LogP contribution is 2.33. The number of benzene rings is 1. The maximum absolute atomic E-state index is 12.6. The second-order valence-electron chi connectivity index (χ2n) is 6.64. The first kappa shape index (κ1) is 18.3. The van der Waals surface area contributed by atoms with Crippen LogP contribution in [-0.4, -0.2) is 67.0 Å². The average Bonchev–Trinajstić information content (AvgIpc) is 2.67. The zero-order valence-corrected chi connectivity index (χ0v) is 15.2. The Morgan fingerprint density at radius 3 is 2.69 bits per heavy atom. The lowest BCUT2D eigenvalue weighted by Crippen LogP contribution is -2.50. The molecule has 2 amide bonds. The van der Waals surface area contributed by atoms with Gasteiger partial charge in [-0.05, 0) is 19.1 Å². The van der Waals surface area contributed by atoms with Gasteiger partial charge in [0.2, 0.25) is 5.91 Å². The smallest absolute Gasteiger partial charge is 0.267 e. The second kappa shape index (κ2) is 8.24. The lowest BCUT2D eigenvalue weighted by molar-refractivity contribution is -0.132. The van der Waals surface area contributed by atoms with Gasteiger partial charge >= 0.3 is 0 Å². The normalized spacial score (nSPS) is 20.3. The number of hydrogen-bond donors (Lipinski definition) is 0. The summed E-state index contributed by atoms with van der Waals surface area (Å²) in [6.07, 6.45) is 5.83. The lowest BCUT2D eigenvalue weighted by Gasteiger charge is -2.36. The molecular formula is C20H25N3O3. The van der Waals surface area contributed by atoms with Crippen molar-refractivity contribution >= 4 is 17.5 Å². The molecular weight excluding hydrogens is 330 g/mol. The number of ether oxygens (including phenoxy) is 1. The summed E-state index contributed by atoms with van der Waals surface area (Å²) in [5, 5.41) is 0. The first-order chi connectivity index (χ1) is 12.6. The van der Waals surface area contributed by atoms with Gasteiger partial charge in [0.05, 0.1) is 5.69 Å². The van der Waals surface area contributed by atoms with Crippen molar-refractivity contribution in [1.29, 1.82) is 0 Å². The van der Waals surface area contributed by atoms with Gasteiger partial charge in [-0.15, -0.1) is 12.3 Å².